The lowest BCUT2D eigenvalue weighted by atomic mass is 10.2. The standard InChI is InChI=1S/C17H15ClFNO4/c1-2-23-15-6-4-3-5-12(15)17(22)24-10-16(21)20-14-9-11(18)7-8-13(14)19/h3-9H,2,10H2,1H3,(H,20,21). The predicted molar refractivity (Wildman–Crippen MR) is 87.9 cm³/mol. The smallest absolute Gasteiger partial charge is 0.342 e. The first-order valence-corrected chi connectivity index (χ1v) is 7.53. The fourth-order valence-electron chi connectivity index (χ4n) is 1.91. The zero-order valence-corrected chi connectivity index (χ0v) is 13.6. The molecule has 0 unspecified atom stereocenters. The first kappa shape index (κ1) is 17.7. The summed E-state index contributed by atoms with van der Waals surface area (Å²) in [5.41, 5.74) is 0.124. The predicted octanol–water partition coefficient (Wildman–Crippen LogP) is 3.67. The lowest BCUT2D eigenvalue weighted by Gasteiger charge is -2.10. The third-order valence-corrected chi connectivity index (χ3v) is 3.18. The van der Waals surface area contributed by atoms with Crippen molar-refractivity contribution in [1.82, 2.24) is 0 Å². The van der Waals surface area contributed by atoms with Crippen LogP contribution in [-0.2, 0) is 9.53 Å². The minimum atomic E-state index is -0.708. The molecule has 0 aliphatic heterocycles. The van der Waals surface area contributed by atoms with Crippen molar-refractivity contribution >= 4 is 29.2 Å². The van der Waals surface area contributed by atoms with Crippen LogP contribution in [0.5, 0.6) is 5.75 Å². The van der Waals surface area contributed by atoms with E-state index in [2.05, 4.69) is 5.32 Å². The van der Waals surface area contributed by atoms with Crippen molar-refractivity contribution < 1.29 is 23.5 Å². The SMILES string of the molecule is CCOc1ccccc1C(=O)OCC(=O)Nc1cc(Cl)ccc1F. The number of carbonyl (C=O) groups excluding carboxylic acids is 2. The van der Waals surface area contributed by atoms with Crippen LogP contribution in [0.2, 0.25) is 5.02 Å². The van der Waals surface area contributed by atoms with Gasteiger partial charge in [0.15, 0.2) is 6.61 Å². The third-order valence-electron chi connectivity index (χ3n) is 2.94. The molecule has 0 aromatic heterocycles. The molecule has 2 rings (SSSR count). The lowest BCUT2D eigenvalue weighted by molar-refractivity contribution is -0.119. The Hall–Kier alpha value is -2.60. The molecule has 0 saturated carbocycles. The van der Waals surface area contributed by atoms with Gasteiger partial charge in [-0.2, -0.15) is 0 Å². The Morgan fingerprint density at radius 3 is 2.71 bits per heavy atom. The second-order valence-corrected chi connectivity index (χ2v) is 5.11. The molecule has 0 saturated heterocycles. The van der Waals surface area contributed by atoms with Crippen molar-refractivity contribution in [2.24, 2.45) is 0 Å². The molecule has 0 spiro atoms. The van der Waals surface area contributed by atoms with Gasteiger partial charge in [-0.3, -0.25) is 4.79 Å². The van der Waals surface area contributed by atoms with Gasteiger partial charge in [0.1, 0.15) is 17.1 Å². The first-order valence-electron chi connectivity index (χ1n) is 7.15. The van der Waals surface area contributed by atoms with Gasteiger partial charge >= 0.3 is 5.97 Å². The number of esters is 1. The van der Waals surface area contributed by atoms with Crippen LogP contribution in [0.4, 0.5) is 10.1 Å². The number of amides is 1. The highest BCUT2D eigenvalue weighted by atomic mass is 35.5. The van der Waals surface area contributed by atoms with Crippen molar-refractivity contribution in [2.45, 2.75) is 6.92 Å². The Kier molecular flexibility index (Phi) is 6.14. The van der Waals surface area contributed by atoms with Crippen molar-refractivity contribution in [2.75, 3.05) is 18.5 Å². The fourth-order valence-corrected chi connectivity index (χ4v) is 2.08. The van der Waals surface area contributed by atoms with Crippen molar-refractivity contribution in [3.05, 3.63) is 58.9 Å². The van der Waals surface area contributed by atoms with Crippen molar-refractivity contribution in [3.8, 4) is 5.75 Å². The second kappa shape index (κ2) is 8.31. The number of ether oxygens (including phenoxy) is 2. The molecule has 126 valence electrons. The van der Waals surface area contributed by atoms with Crippen LogP contribution in [0.1, 0.15) is 17.3 Å². The van der Waals surface area contributed by atoms with Crippen LogP contribution >= 0.6 is 11.6 Å². The summed E-state index contributed by atoms with van der Waals surface area (Å²) in [7, 11) is 0. The molecular formula is C17H15ClFNO4. The molecule has 1 N–H and O–H groups in total. The molecule has 0 bridgehead atoms. The van der Waals surface area contributed by atoms with E-state index in [1.165, 1.54) is 18.2 Å². The Bertz CT molecular complexity index is 751. The average Bonchev–Trinajstić information content (AvgIpc) is 2.57. The highest BCUT2D eigenvalue weighted by molar-refractivity contribution is 6.30. The van der Waals surface area contributed by atoms with E-state index < -0.39 is 24.3 Å². The Balaban J connectivity index is 1.96. The Morgan fingerprint density at radius 2 is 1.96 bits per heavy atom. The monoisotopic (exact) mass is 351 g/mol. The number of hydrogen-bond donors (Lipinski definition) is 1. The number of benzene rings is 2. The van der Waals surface area contributed by atoms with Gasteiger partial charge in [0.25, 0.3) is 5.91 Å². The molecule has 0 aliphatic carbocycles. The summed E-state index contributed by atoms with van der Waals surface area (Å²) < 4.78 is 23.8. The molecule has 0 atom stereocenters. The van der Waals surface area contributed by atoms with Gasteiger partial charge in [0.2, 0.25) is 0 Å². The maximum absolute atomic E-state index is 13.5. The van der Waals surface area contributed by atoms with Crippen LogP contribution < -0.4 is 10.1 Å². The van der Waals surface area contributed by atoms with E-state index >= 15 is 0 Å². The molecule has 0 fully saturated rings. The van der Waals surface area contributed by atoms with E-state index in [1.807, 2.05) is 0 Å². The minimum Gasteiger partial charge on any atom is -0.493 e. The molecule has 1 amide bonds. The summed E-state index contributed by atoms with van der Waals surface area (Å²) in [6.07, 6.45) is 0. The van der Waals surface area contributed by atoms with Crippen molar-refractivity contribution in [3.63, 3.8) is 0 Å². The summed E-state index contributed by atoms with van der Waals surface area (Å²) in [4.78, 5) is 23.8. The molecule has 24 heavy (non-hydrogen) atoms. The second-order valence-electron chi connectivity index (χ2n) is 4.68. The highest BCUT2D eigenvalue weighted by Crippen LogP contribution is 2.20. The minimum absolute atomic E-state index is 0.0849. The Labute approximate surface area is 143 Å². The van der Waals surface area contributed by atoms with E-state index in [0.717, 1.165) is 6.07 Å². The van der Waals surface area contributed by atoms with Gasteiger partial charge in [-0.05, 0) is 37.3 Å². The van der Waals surface area contributed by atoms with Crippen LogP contribution in [0.25, 0.3) is 0 Å². The van der Waals surface area contributed by atoms with Crippen LogP contribution in [0.15, 0.2) is 42.5 Å². The molecule has 2 aromatic carbocycles. The fraction of sp³-hybridized carbons (Fsp3) is 0.176. The van der Waals surface area contributed by atoms with E-state index in [0.29, 0.717) is 12.4 Å². The number of halogens is 2. The number of hydrogen-bond acceptors (Lipinski definition) is 4. The van der Waals surface area contributed by atoms with E-state index in [9.17, 15) is 14.0 Å². The number of anilines is 1. The lowest BCUT2D eigenvalue weighted by Crippen LogP contribution is -2.21. The molecule has 0 radical (unpaired) electrons. The highest BCUT2D eigenvalue weighted by Gasteiger charge is 2.15. The zero-order chi connectivity index (χ0) is 17.5. The number of rotatable bonds is 6. The van der Waals surface area contributed by atoms with Gasteiger partial charge in [-0.15, -0.1) is 0 Å². The quantitative estimate of drug-likeness (QED) is 0.806. The maximum Gasteiger partial charge on any atom is 0.342 e. The summed E-state index contributed by atoms with van der Waals surface area (Å²) >= 11 is 5.74. The van der Waals surface area contributed by atoms with E-state index in [-0.39, 0.29) is 16.3 Å². The largest absolute Gasteiger partial charge is 0.493 e. The average molecular weight is 352 g/mol. The summed E-state index contributed by atoms with van der Waals surface area (Å²) in [6, 6.07) is 10.3. The molecular weight excluding hydrogens is 337 g/mol. The van der Waals surface area contributed by atoms with E-state index in [4.69, 9.17) is 21.1 Å². The Morgan fingerprint density at radius 1 is 1.21 bits per heavy atom. The summed E-state index contributed by atoms with van der Waals surface area (Å²) in [5.74, 6) is -1.66. The van der Waals surface area contributed by atoms with Crippen LogP contribution in [0, 0.1) is 5.82 Å². The molecule has 0 heterocycles. The van der Waals surface area contributed by atoms with Crippen LogP contribution in [0.3, 0.4) is 0 Å². The van der Waals surface area contributed by atoms with Gasteiger partial charge in [-0.1, -0.05) is 23.7 Å². The molecule has 2 aromatic rings. The first-order chi connectivity index (χ1) is 11.5. The number of carbonyl (C=O) groups is 2. The van der Waals surface area contributed by atoms with Gasteiger partial charge in [0, 0.05) is 5.02 Å². The van der Waals surface area contributed by atoms with Gasteiger partial charge in [0.05, 0.1) is 12.3 Å². The number of nitrogens with one attached hydrogen (secondary N) is 1. The normalized spacial score (nSPS) is 10.1. The van der Waals surface area contributed by atoms with E-state index in [1.54, 1.807) is 25.1 Å². The third kappa shape index (κ3) is 4.70. The van der Waals surface area contributed by atoms with Gasteiger partial charge in [-0.25, -0.2) is 9.18 Å². The zero-order valence-electron chi connectivity index (χ0n) is 12.8. The van der Waals surface area contributed by atoms with Crippen molar-refractivity contribution in [1.29, 1.82) is 0 Å². The topological polar surface area (TPSA) is 64.6 Å². The number of para-hydroxylation sites is 1. The van der Waals surface area contributed by atoms with Gasteiger partial charge < -0.3 is 14.8 Å². The molecule has 5 nitrogen and oxygen atoms in total. The summed E-state index contributed by atoms with van der Waals surface area (Å²) in [6.45, 7) is 1.61. The summed E-state index contributed by atoms with van der Waals surface area (Å²) in [5, 5.41) is 2.56. The molecule has 0 aliphatic rings. The van der Waals surface area contributed by atoms with Crippen LogP contribution in [-0.4, -0.2) is 25.1 Å². The molecule has 7 heteroatoms. The maximum atomic E-state index is 13.5.